The molecule has 0 amide bonds. The number of nitrogens with zero attached hydrogens (tertiary/aromatic N) is 3. The van der Waals surface area contributed by atoms with E-state index in [1.54, 1.807) is 11.3 Å². The summed E-state index contributed by atoms with van der Waals surface area (Å²) in [5.41, 5.74) is 0. The minimum Gasteiger partial charge on any atom is -0.357 e. The minimum absolute atomic E-state index is 0. The van der Waals surface area contributed by atoms with Crippen LogP contribution in [0, 0.1) is 0 Å². The van der Waals surface area contributed by atoms with Crippen molar-refractivity contribution in [3.63, 3.8) is 0 Å². The number of hydrogen-bond acceptors (Lipinski definition) is 4. The van der Waals surface area contributed by atoms with Crippen LogP contribution in [0.25, 0.3) is 0 Å². The van der Waals surface area contributed by atoms with Gasteiger partial charge in [-0.05, 0) is 33.4 Å². The molecule has 1 atom stereocenters. The van der Waals surface area contributed by atoms with Crippen LogP contribution in [-0.4, -0.2) is 48.1 Å². The van der Waals surface area contributed by atoms with Gasteiger partial charge in [-0.25, -0.2) is 9.98 Å². The molecule has 0 fully saturated rings. The lowest BCUT2D eigenvalue weighted by Crippen LogP contribution is -2.45. The van der Waals surface area contributed by atoms with Gasteiger partial charge >= 0.3 is 0 Å². The number of aryl methyl sites for hydroxylation is 1. The Morgan fingerprint density at radius 2 is 1.96 bits per heavy atom. The molecule has 1 rings (SSSR count). The van der Waals surface area contributed by atoms with Crippen LogP contribution in [0.3, 0.4) is 0 Å². The van der Waals surface area contributed by atoms with Crippen LogP contribution in [0.5, 0.6) is 0 Å². The summed E-state index contributed by atoms with van der Waals surface area (Å²) in [6.07, 6.45) is 3.00. The van der Waals surface area contributed by atoms with Crippen molar-refractivity contribution in [2.75, 3.05) is 26.2 Å². The van der Waals surface area contributed by atoms with E-state index in [1.165, 1.54) is 4.88 Å². The summed E-state index contributed by atoms with van der Waals surface area (Å²) in [5.74, 6) is 0.870. The lowest BCUT2D eigenvalue weighted by atomic mass is 10.3. The Balaban J connectivity index is 0.00000484. The van der Waals surface area contributed by atoms with Gasteiger partial charge in [-0.3, -0.25) is 4.90 Å². The van der Waals surface area contributed by atoms with Crippen LogP contribution >= 0.6 is 35.3 Å². The molecule has 0 aliphatic carbocycles. The maximum absolute atomic E-state index is 4.64. The average molecular weight is 453 g/mol. The van der Waals surface area contributed by atoms with Crippen molar-refractivity contribution in [1.29, 1.82) is 0 Å². The molecular weight excluding hydrogens is 421 g/mol. The highest BCUT2D eigenvalue weighted by Crippen LogP contribution is 2.13. The predicted octanol–water partition coefficient (Wildman–Crippen LogP) is 3.11. The highest BCUT2D eigenvalue weighted by atomic mass is 127. The Kier molecular flexibility index (Phi) is 12.7. The second-order valence-corrected chi connectivity index (χ2v) is 6.42. The number of aromatic nitrogens is 1. The van der Waals surface area contributed by atoms with E-state index in [0.717, 1.165) is 43.6 Å². The van der Waals surface area contributed by atoms with E-state index in [1.807, 2.05) is 6.20 Å². The molecule has 1 aromatic heterocycles. The number of halogens is 1. The first-order valence-corrected chi connectivity index (χ1v) is 9.15. The van der Waals surface area contributed by atoms with Crippen LogP contribution in [0.1, 0.15) is 44.5 Å². The largest absolute Gasteiger partial charge is 0.357 e. The highest BCUT2D eigenvalue weighted by molar-refractivity contribution is 14.0. The fourth-order valence-corrected chi connectivity index (χ4v) is 3.08. The van der Waals surface area contributed by atoms with Crippen molar-refractivity contribution in [3.8, 4) is 0 Å². The van der Waals surface area contributed by atoms with Gasteiger partial charge in [0.05, 0.1) is 6.54 Å². The number of hydrogen-bond donors (Lipinski definition) is 2. The first kappa shape index (κ1) is 22.6. The molecule has 0 spiro atoms. The second kappa shape index (κ2) is 12.9. The zero-order valence-electron chi connectivity index (χ0n) is 15.1. The van der Waals surface area contributed by atoms with Gasteiger partial charge < -0.3 is 10.6 Å². The summed E-state index contributed by atoms with van der Waals surface area (Å²) >= 11 is 1.75. The van der Waals surface area contributed by atoms with E-state index in [-0.39, 0.29) is 24.0 Å². The van der Waals surface area contributed by atoms with Gasteiger partial charge in [0.15, 0.2) is 5.96 Å². The zero-order valence-corrected chi connectivity index (χ0v) is 18.2. The summed E-state index contributed by atoms with van der Waals surface area (Å²) in [5, 5.41) is 7.81. The normalized spacial score (nSPS) is 12.9. The average Bonchev–Trinajstić information content (AvgIpc) is 2.99. The molecule has 0 radical (unpaired) electrons. The van der Waals surface area contributed by atoms with Gasteiger partial charge in [-0.2, -0.15) is 0 Å². The zero-order chi connectivity index (χ0) is 16.4. The van der Waals surface area contributed by atoms with E-state index < -0.39 is 0 Å². The Morgan fingerprint density at radius 1 is 1.26 bits per heavy atom. The first-order chi connectivity index (χ1) is 10.6. The Morgan fingerprint density at radius 3 is 2.48 bits per heavy atom. The number of nitrogens with one attached hydrogen (secondary N) is 2. The lowest BCUT2D eigenvalue weighted by Gasteiger charge is -2.27. The third-order valence-electron chi connectivity index (χ3n) is 3.67. The van der Waals surface area contributed by atoms with Gasteiger partial charge in [0, 0.05) is 30.2 Å². The number of aliphatic imine (C=N–C) groups is 1. The number of guanidine groups is 1. The molecule has 1 unspecified atom stereocenters. The van der Waals surface area contributed by atoms with E-state index >= 15 is 0 Å². The fraction of sp³-hybridized carbons (Fsp3) is 0.750. The summed E-state index contributed by atoms with van der Waals surface area (Å²) < 4.78 is 0. The van der Waals surface area contributed by atoms with Crippen molar-refractivity contribution >= 4 is 41.3 Å². The third-order valence-corrected chi connectivity index (χ3v) is 4.79. The summed E-state index contributed by atoms with van der Waals surface area (Å²) in [4.78, 5) is 12.8. The maximum Gasteiger partial charge on any atom is 0.191 e. The molecular formula is C16H32IN5S. The molecule has 134 valence electrons. The van der Waals surface area contributed by atoms with Crippen molar-refractivity contribution in [2.45, 2.75) is 53.6 Å². The summed E-state index contributed by atoms with van der Waals surface area (Å²) in [6, 6.07) is 0.491. The molecule has 0 saturated heterocycles. The number of likely N-dealkylation sites (N-methyl/N-ethyl adjacent to an activating group) is 1. The molecule has 1 aromatic rings. The van der Waals surface area contributed by atoms with E-state index in [9.17, 15) is 0 Å². The van der Waals surface area contributed by atoms with E-state index in [2.05, 4.69) is 60.1 Å². The third kappa shape index (κ3) is 8.30. The van der Waals surface area contributed by atoms with Crippen molar-refractivity contribution < 1.29 is 0 Å². The minimum atomic E-state index is 0. The van der Waals surface area contributed by atoms with Gasteiger partial charge in [0.2, 0.25) is 0 Å². The quantitative estimate of drug-likeness (QED) is 0.343. The Labute approximate surface area is 162 Å². The maximum atomic E-state index is 4.64. The Hall–Kier alpha value is -0.410. The van der Waals surface area contributed by atoms with Gasteiger partial charge in [-0.1, -0.05) is 20.8 Å². The molecule has 5 nitrogen and oxygen atoms in total. The van der Waals surface area contributed by atoms with Crippen molar-refractivity contribution in [3.05, 3.63) is 16.1 Å². The van der Waals surface area contributed by atoms with Gasteiger partial charge in [0.25, 0.3) is 0 Å². The van der Waals surface area contributed by atoms with Crippen LogP contribution in [0.2, 0.25) is 0 Å². The summed E-state index contributed by atoms with van der Waals surface area (Å²) in [7, 11) is 0. The van der Waals surface area contributed by atoms with Crippen LogP contribution in [0.15, 0.2) is 11.2 Å². The Bertz CT molecular complexity index is 445. The molecule has 7 heteroatoms. The molecule has 0 aliphatic heterocycles. The molecule has 0 aromatic carbocycles. The topological polar surface area (TPSA) is 52.6 Å². The SMILES string of the molecule is CCNC(=NCc1ncc(CC)s1)NCC(C)N(CC)CC.I. The molecule has 1 heterocycles. The van der Waals surface area contributed by atoms with Crippen molar-refractivity contribution in [1.82, 2.24) is 20.5 Å². The smallest absolute Gasteiger partial charge is 0.191 e. The monoisotopic (exact) mass is 453 g/mol. The molecule has 0 saturated carbocycles. The van der Waals surface area contributed by atoms with Crippen molar-refractivity contribution in [2.24, 2.45) is 4.99 Å². The summed E-state index contributed by atoms with van der Waals surface area (Å²) in [6.45, 7) is 15.4. The van der Waals surface area contributed by atoms with E-state index in [4.69, 9.17) is 0 Å². The predicted molar refractivity (Wildman–Crippen MR) is 112 cm³/mol. The van der Waals surface area contributed by atoms with Crippen LogP contribution in [-0.2, 0) is 13.0 Å². The lowest BCUT2D eigenvalue weighted by molar-refractivity contribution is 0.231. The number of rotatable bonds is 9. The van der Waals surface area contributed by atoms with Crippen LogP contribution < -0.4 is 10.6 Å². The molecule has 0 aliphatic rings. The first-order valence-electron chi connectivity index (χ1n) is 8.34. The molecule has 23 heavy (non-hydrogen) atoms. The van der Waals surface area contributed by atoms with E-state index in [0.29, 0.717) is 12.6 Å². The van der Waals surface area contributed by atoms with Gasteiger partial charge in [0.1, 0.15) is 5.01 Å². The fourth-order valence-electron chi connectivity index (χ4n) is 2.29. The number of thiazole rings is 1. The highest BCUT2D eigenvalue weighted by Gasteiger charge is 2.10. The standard InChI is InChI=1S/C16H31N5S.HI/c1-6-14-11-18-15(22-14)12-20-16(17-7-2)19-10-13(5)21(8-3)9-4;/h11,13H,6-10,12H2,1-5H3,(H2,17,19,20);1H. The second-order valence-electron chi connectivity index (χ2n) is 5.22. The van der Waals surface area contributed by atoms with Gasteiger partial charge in [-0.15, -0.1) is 35.3 Å². The molecule has 2 N–H and O–H groups in total. The van der Waals surface area contributed by atoms with Crippen LogP contribution in [0.4, 0.5) is 0 Å². The molecule has 0 bridgehead atoms.